The van der Waals surface area contributed by atoms with Crippen LogP contribution < -0.4 is 15.4 Å². The third-order valence-electron chi connectivity index (χ3n) is 6.05. The Labute approximate surface area is 205 Å². The zero-order chi connectivity index (χ0) is 22.8. The van der Waals surface area contributed by atoms with Gasteiger partial charge in [0.05, 0.1) is 23.4 Å². The predicted octanol–water partition coefficient (Wildman–Crippen LogP) is 4.31. The average Bonchev–Trinajstić information content (AvgIpc) is 3.34. The molecule has 0 unspecified atom stereocenters. The van der Waals surface area contributed by atoms with E-state index in [2.05, 4.69) is 44.6 Å². The molecule has 2 N–H and O–H groups in total. The standard InChI is InChI=1S/C26H25N5O2.H2S/c1-16(19-4-3-5-20-21(26(32)27-2)8-10-28-25(19)20)14-29-24-13-22(30-15-31-24)17-6-7-23-18(12-17)9-11-33-23;/h3-8,10,12-13,15-16H,9,11,14H2,1-2H3,(H,27,32)(H,29,30,31);1H2/t16-;/m1./s1. The van der Waals surface area contributed by atoms with Gasteiger partial charge >= 0.3 is 0 Å². The van der Waals surface area contributed by atoms with E-state index in [-0.39, 0.29) is 25.3 Å². The Balaban J connectivity index is 0.00000274. The van der Waals surface area contributed by atoms with Crippen molar-refractivity contribution in [2.45, 2.75) is 19.3 Å². The molecule has 0 saturated carbocycles. The Hall–Kier alpha value is -3.65. The molecular formula is C26H27N5O2S. The molecule has 4 aromatic rings. The van der Waals surface area contributed by atoms with E-state index in [0.717, 1.165) is 52.3 Å². The third-order valence-corrected chi connectivity index (χ3v) is 6.05. The van der Waals surface area contributed by atoms with Crippen LogP contribution in [0.25, 0.3) is 22.2 Å². The molecule has 8 heteroatoms. The molecule has 0 fully saturated rings. The van der Waals surface area contributed by atoms with Gasteiger partial charge in [0.1, 0.15) is 17.9 Å². The smallest absolute Gasteiger partial charge is 0.251 e. The van der Waals surface area contributed by atoms with Crippen molar-refractivity contribution in [2.24, 2.45) is 0 Å². The molecule has 0 spiro atoms. The lowest BCUT2D eigenvalue weighted by molar-refractivity contribution is 0.0964. The fourth-order valence-electron chi connectivity index (χ4n) is 4.25. The Morgan fingerprint density at radius 2 is 2.00 bits per heavy atom. The highest BCUT2D eigenvalue weighted by atomic mass is 32.1. The van der Waals surface area contributed by atoms with Crippen molar-refractivity contribution in [3.63, 3.8) is 0 Å². The number of carbonyl (C=O) groups excluding carboxylic acids is 1. The molecule has 3 heterocycles. The maximum absolute atomic E-state index is 12.3. The molecule has 1 aliphatic heterocycles. The van der Waals surface area contributed by atoms with Gasteiger partial charge in [-0.05, 0) is 35.4 Å². The summed E-state index contributed by atoms with van der Waals surface area (Å²) in [6, 6.07) is 15.9. The van der Waals surface area contributed by atoms with Gasteiger partial charge in [0, 0.05) is 49.1 Å². The summed E-state index contributed by atoms with van der Waals surface area (Å²) in [5.41, 5.74) is 5.70. The monoisotopic (exact) mass is 473 g/mol. The topological polar surface area (TPSA) is 89.0 Å². The number of nitrogens with one attached hydrogen (secondary N) is 2. The Kier molecular flexibility index (Phi) is 6.98. The van der Waals surface area contributed by atoms with Gasteiger partial charge < -0.3 is 15.4 Å². The molecule has 7 nitrogen and oxygen atoms in total. The number of aromatic nitrogens is 3. The highest BCUT2D eigenvalue weighted by Crippen LogP contribution is 2.30. The lowest BCUT2D eigenvalue weighted by atomic mass is 9.96. The van der Waals surface area contributed by atoms with E-state index < -0.39 is 0 Å². The second-order valence-electron chi connectivity index (χ2n) is 8.17. The van der Waals surface area contributed by atoms with Crippen LogP contribution in [0.1, 0.15) is 34.3 Å². The molecule has 174 valence electrons. The normalized spacial score (nSPS) is 12.9. The highest BCUT2D eigenvalue weighted by Gasteiger charge is 2.16. The Morgan fingerprint density at radius 1 is 1.12 bits per heavy atom. The van der Waals surface area contributed by atoms with E-state index in [9.17, 15) is 4.79 Å². The first kappa shape index (κ1) is 23.5. The van der Waals surface area contributed by atoms with Crippen LogP contribution in [0.5, 0.6) is 5.75 Å². The van der Waals surface area contributed by atoms with Gasteiger partial charge in [-0.1, -0.05) is 25.1 Å². The maximum Gasteiger partial charge on any atom is 0.251 e. The number of rotatable bonds is 6. The predicted molar refractivity (Wildman–Crippen MR) is 139 cm³/mol. The van der Waals surface area contributed by atoms with Crippen LogP contribution in [0.3, 0.4) is 0 Å². The second kappa shape index (κ2) is 10.1. The third kappa shape index (κ3) is 4.54. The Bertz CT molecular complexity index is 1340. The quantitative estimate of drug-likeness (QED) is 0.434. The molecule has 0 saturated heterocycles. The number of amides is 1. The van der Waals surface area contributed by atoms with Crippen LogP contribution >= 0.6 is 13.5 Å². The summed E-state index contributed by atoms with van der Waals surface area (Å²) in [6.07, 6.45) is 4.20. The van der Waals surface area contributed by atoms with Gasteiger partial charge in [0.2, 0.25) is 0 Å². The van der Waals surface area contributed by atoms with Crippen molar-refractivity contribution >= 4 is 36.1 Å². The van der Waals surface area contributed by atoms with Crippen LogP contribution in [-0.4, -0.2) is 41.1 Å². The molecule has 0 aliphatic carbocycles. The summed E-state index contributed by atoms with van der Waals surface area (Å²) < 4.78 is 5.60. The van der Waals surface area contributed by atoms with E-state index in [1.54, 1.807) is 25.6 Å². The van der Waals surface area contributed by atoms with Gasteiger partial charge in [-0.2, -0.15) is 13.5 Å². The van der Waals surface area contributed by atoms with Gasteiger partial charge in [-0.25, -0.2) is 9.97 Å². The SMILES string of the molecule is CNC(=O)c1ccnc2c([C@H](C)CNc3cc(-c4ccc5c(c4)CCO5)ncn3)cccc12.S. The number of pyridine rings is 1. The van der Waals surface area contributed by atoms with Gasteiger partial charge in [0.25, 0.3) is 5.91 Å². The first-order chi connectivity index (χ1) is 16.1. The van der Waals surface area contributed by atoms with Crippen LogP contribution in [0.4, 0.5) is 5.82 Å². The van der Waals surface area contributed by atoms with Crippen LogP contribution in [-0.2, 0) is 6.42 Å². The van der Waals surface area contributed by atoms with E-state index in [1.165, 1.54) is 5.56 Å². The summed E-state index contributed by atoms with van der Waals surface area (Å²) in [5.74, 6) is 1.76. The number of hydrogen-bond donors (Lipinski definition) is 2. The molecule has 0 radical (unpaired) electrons. The molecule has 1 aliphatic rings. The number of hydrogen-bond acceptors (Lipinski definition) is 6. The number of carbonyl (C=O) groups is 1. The molecule has 1 amide bonds. The van der Waals surface area contributed by atoms with Crippen molar-refractivity contribution in [3.8, 4) is 17.0 Å². The minimum absolute atomic E-state index is 0. The summed E-state index contributed by atoms with van der Waals surface area (Å²) >= 11 is 0. The number of benzene rings is 2. The van der Waals surface area contributed by atoms with Crippen molar-refractivity contribution in [1.29, 1.82) is 0 Å². The van der Waals surface area contributed by atoms with Crippen LogP contribution in [0.2, 0.25) is 0 Å². The highest BCUT2D eigenvalue weighted by molar-refractivity contribution is 7.59. The van der Waals surface area contributed by atoms with E-state index in [4.69, 9.17) is 4.74 Å². The number of nitrogens with zero attached hydrogens (tertiary/aromatic N) is 3. The maximum atomic E-state index is 12.3. The summed E-state index contributed by atoms with van der Waals surface area (Å²) in [5, 5.41) is 6.99. The summed E-state index contributed by atoms with van der Waals surface area (Å²) in [6.45, 7) is 3.54. The summed E-state index contributed by atoms with van der Waals surface area (Å²) in [4.78, 5) is 25.7. The van der Waals surface area contributed by atoms with E-state index in [0.29, 0.717) is 12.1 Å². The molecule has 2 aromatic heterocycles. The number of para-hydroxylation sites is 1. The molecule has 2 aromatic carbocycles. The van der Waals surface area contributed by atoms with Crippen molar-refractivity contribution in [3.05, 3.63) is 77.7 Å². The molecule has 34 heavy (non-hydrogen) atoms. The fourth-order valence-corrected chi connectivity index (χ4v) is 4.25. The fraction of sp³-hybridized carbons (Fsp3) is 0.231. The van der Waals surface area contributed by atoms with Crippen LogP contribution in [0.15, 0.2) is 61.1 Å². The molecule has 1 atom stereocenters. The first-order valence-electron chi connectivity index (χ1n) is 11.1. The van der Waals surface area contributed by atoms with Crippen molar-refractivity contribution < 1.29 is 9.53 Å². The van der Waals surface area contributed by atoms with Crippen LogP contribution in [0, 0.1) is 0 Å². The molecular weight excluding hydrogens is 446 g/mol. The van der Waals surface area contributed by atoms with Crippen molar-refractivity contribution in [2.75, 3.05) is 25.5 Å². The van der Waals surface area contributed by atoms with E-state index >= 15 is 0 Å². The minimum Gasteiger partial charge on any atom is -0.493 e. The first-order valence-corrected chi connectivity index (χ1v) is 11.1. The lowest BCUT2D eigenvalue weighted by Crippen LogP contribution is -2.18. The largest absolute Gasteiger partial charge is 0.493 e. The van der Waals surface area contributed by atoms with Gasteiger partial charge in [-0.3, -0.25) is 9.78 Å². The van der Waals surface area contributed by atoms with Crippen molar-refractivity contribution in [1.82, 2.24) is 20.3 Å². The zero-order valence-corrected chi connectivity index (χ0v) is 20.1. The molecule has 5 rings (SSSR count). The Morgan fingerprint density at radius 3 is 2.85 bits per heavy atom. The van der Waals surface area contributed by atoms with E-state index in [1.807, 2.05) is 30.3 Å². The lowest BCUT2D eigenvalue weighted by Gasteiger charge is -2.16. The van der Waals surface area contributed by atoms with Gasteiger partial charge in [0.15, 0.2) is 0 Å². The minimum atomic E-state index is -0.114. The number of ether oxygens (including phenoxy) is 1. The second-order valence-corrected chi connectivity index (χ2v) is 8.17. The molecule has 0 bridgehead atoms. The zero-order valence-electron chi connectivity index (χ0n) is 19.1. The summed E-state index contributed by atoms with van der Waals surface area (Å²) in [7, 11) is 1.64. The number of anilines is 1. The number of fused-ring (bicyclic) bond motifs is 2. The van der Waals surface area contributed by atoms with Gasteiger partial charge in [-0.15, -0.1) is 0 Å². The average molecular weight is 474 g/mol.